The van der Waals surface area contributed by atoms with Crippen LogP contribution in [0.15, 0.2) is 0 Å². The summed E-state index contributed by atoms with van der Waals surface area (Å²) in [6, 6.07) is 0. The van der Waals surface area contributed by atoms with E-state index in [1.807, 2.05) is 6.92 Å². The summed E-state index contributed by atoms with van der Waals surface area (Å²) in [5.41, 5.74) is 0. The van der Waals surface area contributed by atoms with Crippen LogP contribution in [0, 0.1) is 0 Å². The number of rotatable bonds is 2. The van der Waals surface area contributed by atoms with E-state index in [0.717, 1.165) is 6.42 Å². The van der Waals surface area contributed by atoms with E-state index in [0.29, 0.717) is 6.42 Å². The van der Waals surface area contributed by atoms with E-state index in [9.17, 15) is 4.79 Å². The van der Waals surface area contributed by atoms with Gasteiger partial charge in [0.25, 0.3) is 0 Å². The fourth-order valence-electron chi connectivity index (χ4n) is 0.214. The van der Waals surface area contributed by atoms with E-state index in [1.54, 1.807) is 0 Å². The van der Waals surface area contributed by atoms with Crippen molar-refractivity contribution in [3.05, 3.63) is 0 Å². The molecule has 0 fully saturated rings. The van der Waals surface area contributed by atoms with Gasteiger partial charge in [-0.3, -0.25) is 4.79 Å². The van der Waals surface area contributed by atoms with Crippen molar-refractivity contribution in [3.8, 4) is 0 Å². The molecule has 0 aromatic heterocycles. The molecule has 0 bridgehead atoms. The molecule has 0 aromatic rings. The Morgan fingerprint density at radius 2 is 2.14 bits per heavy atom. The zero-order valence-electron chi connectivity index (χ0n) is 4.35. The van der Waals surface area contributed by atoms with Crippen LogP contribution in [0.25, 0.3) is 0 Å². The van der Waals surface area contributed by atoms with Gasteiger partial charge in [-0.15, -0.1) is 0 Å². The molecule has 0 saturated heterocycles. The van der Waals surface area contributed by atoms with Gasteiger partial charge in [0.1, 0.15) is 0 Å². The molecule has 0 amide bonds. The first-order valence-electron chi connectivity index (χ1n) is 1.99. The van der Waals surface area contributed by atoms with Gasteiger partial charge in [-0.25, -0.2) is 0 Å². The Morgan fingerprint density at radius 1 is 1.71 bits per heavy atom. The van der Waals surface area contributed by atoms with Crippen LogP contribution in [0.4, 0.5) is 0 Å². The molecule has 0 atom stereocenters. The summed E-state index contributed by atoms with van der Waals surface area (Å²) in [6.07, 6.45) is 1.02. The van der Waals surface area contributed by atoms with Gasteiger partial charge in [0.05, 0.1) is 0 Å². The summed E-state index contributed by atoms with van der Waals surface area (Å²) >= 11 is 0. The van der Waals surface area contributed by atoms with Crippen molar-refractivity contribution in [2.24, 2.45) is 0 Å². The SMILES string of the molecule is CCCC(=O)O.[In]. The monoisotopic (exact) mass is 203 g/mol. The number of hydrogen-bond donors (Lipinski definition) is 1. The van der Waals surface area contributed by atoms with Gasteiger partial charge in [0.15, 0.2) is 0 Å². The average molecular weight is 203 g/mol. The van der Waals surface area contributed by atoms with Gasteiger partial charge < -0.3 is 5.11 Å². The minimum Gasteiger partial charge on any atom is -0.481 e. The fraction of sp³-hybridized carbons (Fsp3) is 0.750. The van der Waals surface area contributed by atoms with E-state index < -0.39 is 5.97 Å². The zero-order valence-corrected chi connectivity index (χ0v) is 7.64. The summed E-state index contributed by atoms with van der Waals surface area (Å²) < 4.78 is 0. The number of hydrogen-bond acceptors (Lipinski definition) is 1. The average Bonchev–Trinajstić information content (AvgIpc) is 1.35. The third-order valence-electron chi connectivity index (χ3n) is 0.464. The first-order valence-corrected chi connectivity index (χ1v) is 1.99. The molecule has 0 aliphatic heterocycles. The predicted molar refractivity (Wildman–Crippen MR) is 28.3 cm³/mol. The maximum Gasteiger partial charge on any atom is 0.303 e. The predicted octanol–water partition coefficient (Wildman–Crippen LogP) is 0.490. The summed E-state index contributed by atoms with van der Waals surface area (Å²) in [5.74, 6) is -0.711. The van der Waals surface area contributed by atoms with Crippen LogP contribution in [-0.2, 0) is 4.79 Å². The first-order chi connectivity index (χ1) is 2.77. The molecule has 0 aromatic carbocycles. The molecule has 0 spiro atoms. The van der Waals surface area contributed by atoms with Crippen molar-refractivity contribution in [1.82, 2.24) is 0 Å². The van der Waals surface area contributed by atoms with Crippen LogP contribution in [0.2, 0.25) is 0 Å². The topological polar surface area (TPSA) is 37.3 Å². The molecule has 0 aliphatic rings. The molecule has 0 saturated carbocycles. The summed E-state index contributed by atoms with van der Waals surface area (Å²) in [7, 11) is 0. The second kappa shape index (κ2) is 6.34. The van der Waals surface area contributed by atoms with E-state index in [1.165, 1.54) is 0 Å². The van der Waals surface area contributed by atoms with Crippen LogP contribution in [0.3, 0.4) is 0 Å². The molecular formula is C4H8InO2. The molecule has 0 rings (SSSR count). The molecule has 3 heteroatoms. The molecule has 0 unspecified atom stereocenters. The van der Waals surface area contributed by atoms with Crippen molar-refractivity contribution in [1.29, 1.82) is 0 Å². The normalized spacial score (nSPS) is 7.00. The molecule has 0 aliphatic carbocycles. The van der Waals surface area contributed by atoms with Gasteiger partial charge >= 0.3 is 5.97 Å². The van der Waals surface area contributed by atoms with Gasteiger partial charge in [0, 0.05) is 32.3 Å². The van der Waals surface area contributed by atoms with Gasteiger partial charge in [0.2, 0.25) is 0 Å². The van der Waals surface area contributed by atoms with Crippen molar-refractivity contribution < 1.29 is 9.90 Å². The number of carboxylic acid groups (broad SMARTS) is 1. The van der Waals surface area contributed by atoms with Crippen molar-refractivity contribution in [2.45, 2.75) is 19.8 Å². The minimum atomic E-state index is -0.711. The van der Waals surface area contributed by atoms with Crippen molar-refractivity contribution in [3.63, 3.8) is 0 Å². The van der Waals surface area contributed by atoms with E-state index in [4.69, 9.17) is 5.11 Å². The number of aliphatic carboxylic acids is 1. The molecule has 2 nitrogen and oxygen atoms in total. The largest absolute Gasteiger partial charge is 0.481 e. The third-order valence-corrected chi connectivity index (χ3v) is 0.464. The summed E-state index contributed by atoms with van der Waals surface area (Å²) in [6.45, 7) is 1.84. The van der Waals surface area contributed by atoms with Gasteiger partial charge in [-0.1, -0.05) is 6.92 Å². The zero-order chi connectivity index (χ0) is 4.99. The van der Waals surface area contributed by atoms with Gasteiger partial charge in [-0.05, 0) is 6.42 Å². The van der Waals surface area contributed by atoms with Crippen molar-refractivity contribution in [2.75, 3.05) is 0 Å². The number of carbonyl (C=O) groups is 1. The molecular weight excluding hydrogens is 195 g/mol. The molecule has 3 radical (unpaired) electrons. The van der Waals surface area contributed by atoms with Crippen LogP contribution < -0.4 is 0 Å². The Balaban J connectivity index is 0. The maximum absolute atomic E-state index is 9.60. The van der Waals surface area contributed by atoms with Crippen LogP contribution >= 0.6 is 0 Å². The fourth-order valence-corrected chi connectivity index (χ4v) is 0.214. The van der Waals surface area contributed by atoms with Crippen LogP contribution in [0.5, 0.6) is 0 Å². The van der Waals surface area contributed by atoms with E-state index in [-0.39, 0.29) is 25.8 Å². The number of carboxylic acids is 1. The second-order valence-corrected chi connectivity index (χ2v) is 1.14. The van der Waals surface area contributed by atoms with Crippen molar-refractivity contribution >= 4 is 31.8 Å². The summed E-state index contributed by atoms with van der Waals surface area (Å²) in [5, 5.41) is 7.91. The Morgan fingerprint density at radius 3 is 2.14 bits per heavy atom. The van der Waals surface area contributed by atoms with E-state index in [2.05, 4.69) is 0 Å². The molecule has 0 heterocycles. The Kier molecular flexibility index (Phi) is 9.37. The minimum absolute atomic E-state index is 0. The third kappa shape index (κ3) is 10.7. The maximum atomic E-state index is 9.60. The standard InChI is InChI=1S/C4H8O2.In/c1-2-3-4(5)6;/h2-3H2,1H3,(H,5,6);. The smallest absolute Gasteiger partial charge is 0.303 e. The van der Waals surface area contributed by atoms with Gasteiger partial charge in [-0.2, -0.15) is 0 Å². The van der Waals surface area contributed by atoms with Crippen LogP contribution in [0.1, 0.15) is 19.8 Å². The summed E-state index contributed by atoms with van der Waals surface area (Å²) in [4.78, 5) is 9.60. The molecule has 1 N–H and O–H groups in total. The first kappa shape index (κ1) is 10.3. The molecule has 7 heavy (non-hydrogen) atoms. The van der Waals surface area contributed by atoms with E-state index >= 15 is 0 Å². The van der Waals surface area contributed by atoms with Crippen LogP contribution in [-0.4, -0.2) is 36.9 Å². The molecule has 39 valence electrons. The Labute approximate surface area is 61.7 Å². The quantitative estimate of drug-likeness (QED) is 0.708. The Bertz CT molecular complexity index is 53.7. The Hall–Kier alpha value is 0.340. The second-order valence-electron chi connectivity index (χ2n) is 1.14.